The van der Waals surface area contributed by atoms with Crippen molar-refractivity contribution in [3.8, 4) is 0 Å². The lowest BCUT2D eigenvalue weighted by Crippen LogP contribution is -2.50. The van der Waals surface area contributed by atoms with Gasteiger partial charge in [-0.05, 0) is 30.3 Å². The molecule has 2 aromatic carbocycles. The van der Waals surface area contributed by atoms with Crippen LogP contribution in [0, 0.1) is 0 Å². The first kappa shape index (κ1) is 31.6. The molecule has 208 valence electrons. The Morgan fingerprint density at radius 2 is 1.34 bits per heavy atom. The second kappa shape index (κ2) is 10.9. The SMILES string of the molecule is COC(=O)c1cc(C(F)(C(F)(F)F)C(F)(F)F)ccc1N(C(C)=O)C(=O)c1ccc(C(F)(F)F)cc1SI. The monoisotopic (exact) mass is 691 g/mol. The fourth-order valence-electron chi connectivity index (χ4n) is 3.19. The van der Waals surface area contributed by atoms with Crippen LogP contribution in [0.4, 0.5) is 49.6 Å². The number of hydrogen-bond acceptors (Lipinski definition) is 5. The van der Waals surface area contributed by atoms with Crippen LogP contribution < -0.4 is 4.90 Å². The highest BCUT2D eigenvalue weighted by Gasteiger charge is 2.73. The molecule has 0 saturated carbocycles. The number of amides is 2. The number of halogens is 11. The molecule has 0 atom stereocenters. The summed E-state index contributed by atoms with van der Waals surface area (Å²) in [6, 6.07) is 1.83. The molecule has 2 amide bonds. The second-order valence-electron chi connectivity index (χ2n) is 7.32. The average Bonchev–Trinajstić information content (AvgIpc) is 2.80. The van der Waals surface area contributed by atoms with Crippen molar-refractivity contribution in [1.82, 2.24) is 0 Å². The maximum atomic E-state index is 14.6. The number of anilines is 1. The van der Waals surface area contributed by atoms with Gasteiger partial charge in [0.2, 0.25) is 5.91 Å². The fourth-order valence-corrected chi connectivity index (χ4v) is 4.69. The summed E-state index contributed by atoms with van der Waals surface area (Å²) in [5.74, 6) is -4.28. The Kier molecular flexibility index (Phi) is 9.07. The summed E-state index contributed by atoms with van der Waals surface area (Å²) in [6.07, 6.45) is -17.9. The molecule has 5 nitrogen and oxygen atoms in total. The average molecular weight is 691 g/mol. The van der Waals surface area contributed by atoms with Gasteiger partial charge >= 0.3 is 30.2 Å². The quantitative estimate of drug-likeness (QED) is 0.186. The molecule has 0 bridgehead atoms. The Bertz CT molecular complexity index is 1250. The molecule has 0 heterocycles. The molecule has 0 aromatic heterocycles. The molecule has 38 heavy (non-hydrogen) atoms. The number of esters is 1. The molecule has 0 unspecified atom stereocenters. The highest BCUT2D eigenvalue weighted by molar-refractivity contribution is 14.2. The predicted molar refractivity (Wildman–Crippen MR) is 121 cm³/mol. The third kappa shape index (κ3) is 5.86. The molecule has 2 aromatic rings. The second-order valence-corrected chi connectivity index (χ2v) is 9.24. The van der Waals surface area contributed by atoms with E-state index in [-0.39, 0.29) is 28.0 Å². The zero-order valence-electron chi connectivity index (χ0n) is 18.6. The molecule has 0 aliphatic carbocycles. The first-order valence-electron chi connectivity index (χ1n) is 9.62. The summed E-state index contributed by atoms with van der Waals surface area (Å²) in [4.78, 5) is 37.7. The Morgan fingerprint density at radius 3 is 1.76 bits per heavy atom. The van der Waals surface area contributed by atoms with Gasteiger partial charge in [-0.1, -0.05) is 15.0 Å². The summed E-state index contributed by atoms with van der Waals surface area (Å²) < 4.78 is 137. The predicted octanol–water partition coefficient (Wildman–Crippen LogP) is 7.42. The number of rotatable bonds is 5. The first-order chi connectivity index (χ1) is 17.2. The van der Waals surface area contributed by atoms with Gasteiger partial charge < -0.3 is 4.74 Å². The standard InChI is InChI=1S/C21H12F10INO4S/c1-9(34)33(16(35)12-5-3-11(19(23,24)25)8-15(12)38-32)14-6-4-10(7-13(14)17(36)37-2)18(22,20(26,27)28)21(29,30)31/h3-8H,1-2H3. The van der Waals surface area contributed by atoms with Crippen LogP contribution in [-0.2, 0) is 21.4 Å². The number of carbonyl (C=O) groups excluding carboxylic acids is 3. The van der Waals surface area contributed by atoms with E-state index in [1.807, 2.05) is 0 Å². The number of nitrogens with zero attached hydrogens (tertiary/aromatic N) is 1. The highest BCUT2D eigenvalue weighted by atomic mass is 127. The van der Waals surface area contributed by atoms with Crippen molar-refractivity contribution in [3.63, 3.8) is 0 Å². The van der Waals surface area contributed by atoms with Gasteiger partial charge in [-0.2, -0.15) is 39.5 Å². The van der Waals surface area contributed by atoms with E-state index in [1.165, 1.54) is 21.2 Å². The van der Waals surface area contributed by atoms with Gasteiger partial charge in [0.25, 0.3) is 5.91 Å². The van der Waals surface area contributed by atoms with Gasteiger partial charge in [-0.15, -0.1) is 0 Å². The van der Waals surface area contributed by atoms with Crippen LogP contribution in [0.1, 0.15) is 38.8 Å². The number of hydrogen-bond donors (Lipinski definition) is 0. The van der Waals surface area contributed by atoms with Crippen LogP contribution in [0.3, 0.4) is 0 Å². The van der Waals surface area contributed by atoms with Crippen molar-refractivity contribution >= 4 is 53.6 Å². The van der Waals surface area contributed by atoms with Crippen molar-refractivity contribution in [2.75, 3.05) is 12.0 Å². The van der Waals surface area contributed by atoms with Crippen LogP contribution >= 0.6 is 30.1 Å². The Labute approximate surface area is 223 Å². The lowest BCUT2D eigenvalue weighted by Gasteiger charge is -2.31. The summed E-state index contributed by atoms with van der Waals surface area (Å²) >= 11 is 1.53. The molecule has 0 spiro atoms. The lowest BCUT2D eigenvalue weighted by atomic mass is 9.91. The third-order valence-corrected chi connectivity index (χ3v) is 6.89. The van der Waals surface area contributed by atoms with E-state index in [1.54, 1.807) is 0 Å². The van der Waals surface area contributed by atoms with Gasteiger partial charge in [0.05, 0.1) is 29.5 Å². The van der Waals surface area contributed by atoms with E-state index in [0.717, 1.165) is 6.92 Å². The Hall–Kier alpha value is -2.57. The maximum Gasteiger partial charge on any atom is 0.435 e. The molecule has 0 saturated heterocycles. The van der Waals surface area contributed by atoms with Crippen LogP contribution in [0.25, 0.3) is 0 Å². The topological polar surface area (TPSA) is 63.7 Å². The van der Waals surface area contributed by atoms with Gasteiger partial charge in [0.15, 0.2) is 0 Å². The van der Waals surface area contributed by atoms with E-state index in [0.29, 0.717) is 34.2 Å². The minimum atomic E-state index is -6.54. The van der Waals surface area contributed by atoms with Crippen molar-refractivity contribution < 1.29 is 63.0 Å². The van der Waals surface area contributed by atoms with Gasteiger partial charge in [0, 0.05) is 38.6 Å². The van der Waals surface area contributed by atoms with Crippen molar-refractivity contribution in [1.29, 1.82) is 0 Å². The first-order valence-corrected chi connectivity index (χ1v) is 13.0. The molecule has 0 aliphatic rings. The van der Waals surface area contributed by atoms with Crippen molar-refractivity contribution in [3.05, 3.63) is 58.7 Å². The highest BCUT2D eigenvalue weighted by Crippen LogP contribution is 2.53. The number of benzene rings is 2. The van der Waals surface area contributed by atoms with E-state index in [2.05, 4.69) is 4.74 Å². The molecule has 2 rings (SSSR count). The molecule has 0 aliphatic heterocycles. The van der Waals surface area contributed by atoms with E-state index in [9.17, 15) is 58.3 Å². The minimum absolute atomic E-state index is 0.0350. The van der Waals surface area contributed by atoms with E-state index < -0.39 is 69.9 Å². The van der Waals surface area contributed by atoms with Crippen molar-refractivity contribution in [2.24, 2.45) is 0 Å². The molecule has 0 N–H and O–H groups in total. The molecule has 17 heteroatoms. The van der Waals surface area contributed by atoms with Crippen LogP contribution in [0.2, 0.25) is 0 Å². The normalized spacial score (nSPS) is 12.8. The van der Waals surface area contributed by atoms with E-state index >= 15 is 0 Å². The fraction of sp³-hybridized carbons (Fsp3) is 0.286. The summed E-state index contributed by atoms with van der Waals surface area (Å²) in [7, 11) is 1.29. The van der Waals surface area contributed by atoms with Crippen LogP contribution in [-0.4, -0.2) is 37.2 Å². The molecular formula is C21H12F10INO4S. The lowest BCUT2D eigenvalue weighted by molar-refractivity contribution is -0.348. The van der Waals surface area contributed by atoms with Gasteiger partial charge in [-0.25, -0.2) is 14.1 Å². The number of methoxy groups -OCH3 is 1. The zero-order chi connectivity index (χ0) is 29.4. The smallest absolute Gasteiger partial charge is 0.435 e. The number of alkyl halides is 10. The maximum absolute atomic E-state index is 14.6. The van der Waals surface area contributed by atoms with Gasteiger partial charge in [0.1, 0.15) is 0 Å². The van der Waals surface area contributed by atoms with Gasteiger partial charge in [-0.3, -0.25) is 9.59 Å². The summed E-state index contributed by atoms with van der Waals surface area (Å²) in [5, 5.41) is 0. The molecule has 0 radical (unpaired) electrons. The van der Waals surface area contributed by atoms with Crippen LogP contribution in [0.15, 0.2) is 41.3 Å². The molecule has 0 fully saturated rings. The Morgan fingerprint density at radius 1 is 0.816 bits per heavy atom. The minimum Gasteiger partial charge on any atom is -0.465 e. The third-order valence-electron chi connectivity index (χ3n) is 4.96. The van der Waals surface area contributed by atoms with E-state index in [4.69, 9.17) is 0 Å². The Balaban J connectivity index is 2.82. The summed E-state index contributed by atoms with van der Waals surface area (Å²) in [5.41, 5.74) is -11.9. The van der Waals surface area contributed by atoms with Crippen molar-refractivity contribution in [2.45, 2.75) is 36.0 Å². The summed E-state index contributed by atoms with van der Waals surface area (Å²) in [6.45, 7) is 0.721. The largest absolute Gasteiger partial charge is 0.465 e. The number of ether oxygens (including phenoxy) is 1. The zero-order valence-corrected chi connectivity index (χ0v) is 21.6. The number of imide groups is 1. The molecular weight excluding hydrogens is 679 g/mol. The van der Waals surface area contributed by atoms with Crippen LogP contribution in [0.5, 0.6) is 0 Å². The number of carbonyl (C=O) groups is 3.